The van der Waals surface area contributed by atoms with Crippen LogP contribution in [0.2, 0.25) is 0 Å². The maximum atomic E-state index is 16.6. The summed E-state index contributed by atoms with van der Waals surface area (Å²) < 4.78 is 34.2. The molecule has 3 aromatic carbocycles. The molecular weight excluding hydrogens is 909 g/mol. The smallest absolute Gasteiger partial charge is 0.408 e. The molecule has 2 unspecified atom stereocenters. The predicted octanol–water partition coefficient (Wildman–Crippen LogP) is 8.05. The number of rotatable bonds is 22. The Labute approximate surface area is 414 Å². The van der Waals surface area contributed by atoms with Crippen molar-refractivity contribution in [1.82, 2.24) is 20.4 Å². The molecule has 0 bridgehead atoms. The number of benzene rings is 3. The number of alkyl carbamates (subject to hydrolysis) is 1. The molecule has 4 amide bonds. The second-order valence-corrected chi connectivity index (χ2v) is 19.9. The lowest BCUT2D eigenvalue weighted by molar-refractivity contribution is -0.161. The average Bonchev–Trinajstić information content (AvgIpc) is 3.27. The van der Waals surface area contributed by atoms with Gasteiger partial charge in [0.25, 0.3) is 0 Å². The molecule has 0 heterocycles. The zero-order chi connectivity index (χ0) is 51.3. The van der Waals surface area contributed by atoms with Crippen LogP contribution in [0.3, 0.4) is 0 Å². The van der Waals surface area contributed by atoms with Gasteiger partial charge >= 0.3 is 12.1 Å². The Bertz CT molecular complexity index is 2160. The van der Waals surface area contributed by atoms with Crippen molar-refractivity contribution < 1.29 is 52.4 Å². The van der Waals surface area contributed by atoms with Gasteiger partial charge in [-0.1, -0.05) is 58.0 Å². The standard InChI is InChI=1S/C51H74N4O11S2/c1-30(2)43(48(59)65-50(6,7)8)53-45(56)44(31(3)4)55(40(29-68)37-24-22-35(62-13)27-42(37)64-15)47(58)38(25-33-19-17-16-18-20-33)54(46(57)32(5)52-49(60)66-51(9,10)11)39(28-67)36-23-21-34(61-12)26-41(36)63-14/h16-24,26-27,30-32,38-40,43-44,67-68H,25,28-29H2,1-15H3,(H,52,60)(H,53,56)/t32-,38-,39?,40?,43+,44-/m0/s1. The van der Waals surface area contributed by atoms with E-state index in [9.17, 15) is 9.59 Å². The Hall–Kier alpha value is -5.29. The second kappa shape index (κ2) is 25.4. The molecule has 376 valence electrons. The van der Waals surface area contributed by atoms with E-state index >= 15 is 14.4 Å². The maximum absolute atomic E-state index is 16.6. The Morgan fingerprint density at radius 3 is 1.50 bits per heavy atom. The van der Waals surface area contributed by atoms with Crippen LogP contribution >= 0.6 is 25.3 Å². The number of ether oxygens (including phenoxy) is 6. The molecule has 6 atom stereocenters. The number of carbonyl (C=O) groups excluding carboxylic acids is 5. The summed E-state index contributed by atoms with van der Waals surface area (Å²) in [4.78, 5) is 77.3. The van der Waals surface area contributed by atoms with Crippen molar-refractivity contribution in [2.45, 2.75) is 130 Å². The van der Waals surface area contributed by atoms with E-state index in [-0.39, 0.29) is 17.9 Å². The van der Waals surface area contributed by atoms with Crippen LogP contribution in [-0.4, -0.2) is 115 Å². The summed E-state index contributed by atoms with van der Waals surface area (Å²) in [6, 6.07) is 12.3. The Balaban J connectivity index is 2.54. The van der Waals surface area contributed by atoms with Gasteiger partial charge in [-0.3, -0.25) is 14.4 Å². The third kappa shape index (κ3) is 15.4. The van der Waals surface area contributed by atoms with Crippen LogP contribution in [0.1, 0.15) is 105 Å². The first kappa shape index (κ1) is 57.0. The average molecular weight is 983 g/mol. The molecule has 17 heteroatoms. The number of carbonyl (C=O) groups is 5. The second-order valence-electron chi connectivity index (χ2n) is 19.1. The molecule has 2 N–H and O–H groups in total. The number of thiol groups is 2. The largest absolute Gasteiger partial charge is 0.497 e. The van der Waals surface area contributed by atoms with Crippen LogP contribution in [0.5, 0.6) is 23.0 Å². The molecule has 0 aromatic heterocycles. The van der Waals surface area contributed by atoms with Crippen LogP contribution in [0.15, 0.2) is 66.7 Å². The topological polar surface area (TPSA) is 171 Å². The minimum Gasteiger partial charge on any atom is -0.497 e. The fourth-order valence-electron chi connectivity index (χ4n) is 7.80. The molecule has 0 aliphatic rings. The number of methoxy groups -OCH3 is 4. The molecule has 0 fully saturated rings. The van der Waals surface area contributed by atoms with Gasteiger partial charge < -0.3 is 48.9 Å². The molecule has 0 aliphatic heterocycles. The normalized spacial score (nSPS) is 14.3. The number of hydrogen-bond acceptors (Lipinski definition) is 13. The Morgan fingerprint density at radius 2 is 1.09 bits per heavy atom. The van der Waals surface area contributed by atoms with Gasteiger partial charge in [-0.15, -0.1) is 0 Å². The highest BCUT2D eigenvalue weighted by atomic mass is 32.1. The summed E-state index contributed by atoms with van der Waals surface area (Å²) in [5.41, 5.74) is -0.103. The van der Waals surface area contributed by atoms with Crippen molar-refractivity contribution in [2.75, 3.05) is 39.9 Å². The summed E-state index contributed by atoms with van der Waals surface area (Å²) in [5, 5.41) is 5.63. The van der Waals surface area contributed by atoms with E-state index < -0.39 is 89.1 Å². The van der Waals surface area contributed by atoms with Crippen molar-refractivity contribution in [1.29, 1.82) is 0 Å². The van der Waals surface area contributed by atoms with Gasteiger partial charge in [0.15, 0.2) is 0 Å². The SMILES string of the molecule is COc1ccc(C(CS)N(C(=O)[C@H](Cc2ccccc2)N(C(=O)[C@H](C)NC(=O)OC(C)(C)C)C(CS)c2ccc(OC)cc2OC)[C@H](C(=O)N[C@@H](C(=O)OC(C)(C)C)C(C)C)C(C)C)c(OC)c1. The number of nitrogens with zero attached hydrogens (tertiary/aromatic N) is 2. The number of nitrogens with one attached hydrogen (secondary N) is 2. The molecule has 0 aliphatic carbocycles. The van der Waals surface area contributed by atoms with Crippen molar-refractivity contribution in [2.24, 2.45) is 11.8 Å². The molecule has 68 heavy (non-hydrogen) atoms. The van der Waals surface area contributed by atoms with Gasteiger partial charge in [-0.2, -0.15) is 25.3 Å². The first-order valence-electron chi connectivity index (χ1n) is 22.7. The lowest BCUT2D eigenvalue weighted by Crippen LogP contribution is -2.63. The third-order valence-corrected chi connectivity index (χ3v) is 11.6. The number of hydrogen-bond donors (Lipinski definition) is 4. The van der Waals surface area contributed by atoms with Crippen molar-refractivity contribution >= 4 is 55.0 Å². The van der Waals surface area contributed by atoms with Crippen LogP contribution in [0.25, 0.3) is 0 Å². The number of esters is 1. The first-order chi connectivity index (χ1) is 31.9. The summed E-state index contributed by atoms with van der Waals surface area (Å²) in [6.07, 6.45) is -0.916. The fourth-order valence-corrected chi connectivity index (χ4v) is 8.55. The summed E-state index contributed by atoms with van der Waals surface area (Å²) in [5.74, 6) is -2.05. The van der Waals surface area contributed by atoms with E-state index in [2.05, 4.69) is 10.6 Å². The molecule has 0 radical (unpaired) electrons. The first-order valence-corrected chi connectivity index (χ1v) is 24.0. The van der Waals surface area contributed by atoms with E-state index in [0.29, 0.717) is 39.7 Å². The fraction of sp³-hybridized carbons (Fsp3) is 0.549. The van der Waals surface area contributed by atoms with Crippen molar-refractivity contribution in [3.8, 4) is 23.0 Å². The van der Waals surface area contributed by atoms with Crippen molar-refractivity contribution in [3.63, 3.8) is 0 Å². The van der Waals surface area contributed by atoms with E-state index in [0.717, 1.165) is 0 Å². The highest BCUT2D eigenvalue weighted by molar-refractivity contribution is 7.80. The molecule has 3 aromatic rings. The van der Waals surface area contributed by atoms with Gasteiger partial charge in [0.05, 0.1) is 40.5 Å². The highest BCUT2D eigenvalue weighted by Crippen LogP contribution is 2.40. The van der Waals surface area contributed by atoms with Crippen LogP contribution in [0, 0.1) is 11.8 Å². The quantitative estimate of drug-likeness (QED) is 0.0568. The minimum atomic E-state index is -1.41. The van der Waals surface area contributed by atoms with Gasteiger partial charge in [0.2, 0.25) is 17.7 Å². The molecular formula is C51H74N4O11S2. The summed E-state index contributed by atoms with van der Waals surface area (Å²) in [6.45, 7) is 19.0. The third-order valence-electron chi connectivity index (χ3n) is 10.9. The monoisotopic (exact) mass is 982 g/mol. The van der Waals surface area contributed by atoms with Gasteiger partial charge in [0, 0.05) is 41.2 Å². The molecule has 0 saturated carbocycles. The van der Waals surface area contributed by atoms with Gasteiger partial charge in [-0.05, 0) is 90.1 Å². The summed E-state index contributed by atoms with van der Waals surface area (Å²) in [7, 11) is 6.00. The van der Waals surface area contributed by atoms with Crippen LogP contribution in [0.4, 0.5) is 4.79 Å². The molecule has 3 rings (SSSR count). The Kier molecular flexibility index (Phi) is 21.3. The minimum absolute atomic E-state index is 0.0322. The van der Waals surface area contributed by atoms with Gasteiger partial charge in [-0.25, -0.2) is 9.59 Å². The van der Waals surface area contributed by atoms with Gasteiger partial charge in [0.1, 0.15) is 58.4 Å². The highest BCUT2D eigenvalue weighted by Gasteiger charge is 2.47. The lowest BCUT2D eigenvalue weighted by Gasteiger charge is -2.45. The molecule has 0 spiro atoms. The molecule has 15 nitrogen and oxygen atoms in total. The molecule has 0 saturated heterocycles. The zero-order valence-electron chi connectivity index (χ0n) is 42.4. The van der Waals surface area contributed by atoms with Crippen LogP contribution < -0.4 is 29.6 Å². The lowest BCUT2D eigenvalue weighted by atomic mass is 9.92. The van der Waals surface area contributed by atoms with E-state index in [1.807, 2.05) is 30.3 Å². The maximum Gasteiger partial charge on any atom is 0.408 e. The summed E-state index contributed by atoms with van der Waals surface area (Å²) >= 11 is 9.70. The number of amides is 4. The van der Waals surface area contributed by atoms with E-state index in [4.69, 9.17) is 53.7 Å². The van der Waals surface area contributed by atoms with Crippen LogP contribution in [-0.2, 0) is 35.1 Å². The zero-order valence-corrected chi connectivity index (χ0v) is 44.2. The van der Waals surface area contributed by atoms with E-state index in [1.54, 1.807) is 106 Å². The van der Waals surface area contributed by atoms with E-state index in [1.165, 1.54) is 45.2 Å². The Morgan fingerprint density at radius 1 is 0.603 bits per heavy atom. The van der Waals surface area contributed by atoms with Crippen molar-refractivity contribution in [3.05, 3.63) is 83.4 Å². The predicted molar refractivity (Wildman–Crippen MR) is 270 cm³/mol.